The summed E-state index contributed by atoms with van der Waals surface area (Å²) in [7, 11) is 0. The highest BCUT2D eigenvalue weighted by Gasteiger charge is 2.34. The highest BCUT2D eigenvalue weighted by atomic mass is 79.9. The highest BCUT2D eigenvalue weighted by molar-refractivity contribution is 9.10. The molecule has 0 saturated carbocycles. The van der Waals surface area contributed by atoms with Crippen LogP contribution in [0.5, 0.6) is 11.5 Å². The van der Waals surface area contributed by atoms with Crippen LogP contribution in [-0.4, -0.2) is 34.6 Å². The number of carboxylic acids is 1. The largest absolute Gasteiger partial charge is 0.490 e. The highest BCUT2D eigenvalue weighted by Crippen LogP contribution is 2.38. The number of benzene rings is 3. The number of hydrogen-bond acceptors (Lipinski definition) is 6. The number of anilines is 1. The average Bonchev–Trinajstić information content (AvgIpc) is 2.91. The Bertz CT molecular complexity index is 1470. The smallest absolute Gasteiger partial charge is 0.335 e. The number of hydrogen-bond donors (Lipinski definition) is 2. The molecule has 4 rings (SSSR count). The van der Waals surface area contributed by atoms with Crippen molar-refractivity contribution >= 4 is 62.8 Å². The van der Waals surface area contributed by atoms with Crippen molar-refractivity contribution in [3.8, 4) is 11.5 Å². The van der Waals surface area contributed by atoms with E-state index in [2.05, 4.69) is 21.2 Å². The number of ether oxygens (including phenoxy) is 2. The van der Waals surface area contributed by atoms with Gasteiger partial charge in [0.05, 0.1) is 22.3 Å². The third kappa shape index (κ3) is 6.35. The Hall–Kier alpha value is -4.02. The molecule has 0 radical (unpaired) electrons. The summed E-state index contributed by atoms with van der Waals surface area (Å²) in [4.78, 5) is 38.5. The van der Waals surface area contributed by atoms with Crippen LogP contribution in [0.25, 0.3) is 6.08 Å². The van der Waals surface area contributed by atoms with Crippen LogP contribution < -0.4 is 19.7 Å². The van der Waals surface area contributed by atoms with Crippen molar-refractivity contribution in [1.29, 1.82) is 0 Å². The van der Waals surface area contributed by atoms with Crippen molar-refractivity contribution in [1.82, 2.24) is 5.32 Å². The number of carbonyl (C=O) groups is 3. The number of carboxylic acid groups (broad SMARTS) is 1. The normalized spacial score (nSPS) is 14.4. The summed E-state index contributed by atoms with van der Waals surface area (Å²) in [5.74, 6) is -1.29. The summed E-state index contributed by atoms with van der Waals surface area (Å²) in [6.45, 7) is 4.39. The molecule has 0 unspecified atom stereocenters. The molecular weight excluding hydrogens is 584 g/mol. The molecule has 1 fully saturated rings. The molecule has 0 aliphatic carbocycles. The van der Waals surface area contributed by atoms with E-state index < -0.39 is 17.8 Å². The lowest BCUT2D eigenvalue weighted by Crippen LogP contribution is -2.54. The summed E-state index contributed by atoms with van der Waals surface area (Å²) in [6, 6.07) is 17.2. The van der Waals surface area contributed by atoms with Crippen LogP contribution in [0, 0.1) is 0 Å². The van der Waals surface area contributed by atoms with Crippen LogP contribution in [-0.2, 0) is 22.6 Å². The van der Waals surface area contributed by atoms with E-state index >= 15 is 0 Å². The fraction of sp³-hybridized carbons (Fsp3) is 0.172. The minimum absolute atomic E-state index is 0.0164. The number of nitrogens with zero attached hydrogens (tertiary/aromatic N) is 1. The maximum absolute atomic E-state index is 13.4. The van der Waals surface area contributed by atoms with Crippen LogP contribution >= 0.6 is 28.1 Å². The first kappa shape index (κ1) is 28.0. The molecule has 0 aromatic heterocycles. The Morgan fingerprint density at radius 2 is 1.69 bits per heavy atom. The van der Waals surface area contributed by atoms with Gasteiger partial charge in [0.15, 0.2) is 16.6 Å². The summed E-state index contributed by atoms with van der Waals surface area (Å²) < 4.78 is 12.3. The van der Waals surface area contributed by atoms with Gasteiger partial charge < -0.3 is 14.6 Å². The standard InChI is InChI=1S/C29H25BrN2O6S/c1-3-17-7-11-21(12-8-17)32-27(34)22(26(33)31-29(32)39)13-19-14-23(30)25(24(15-19)37-4-2)38-16-18-5-9-20(10-6-18)28(35)36/h5-15H,3-4,16H2,1-2H3,(H,35,36)(H,31,33,39)/b22-13+. The van der Waals surface area contributed by atoms with Gasteiger partial charge in [-0.3, -0.25) is 19.8 Å². The molecule has 39 heavy (non-hydrogen) atoms. The third-order valence-electron chi connectivity index (χ3n) is 5.93. The van der Waals surface area contributed by atoms with Gasteiger partial charge in [-0.05, 0) is 101 Å². The zero-order chi connectivity index (χ0) is 28.1. The summed E-state index contributed by atoms with van der Waals surface area (Å²) in [5.41, 5.74) is 3.09. The fourth-order valence-corrected chi connectivity index (χ4v) is 4.77. The van der Waals surface area contributed by atoms with E-state index in [0.717, 1.165) is 17.5 Å². The van der Waals surface area contributed by atoms with Gasteiger partial charge in [0, 0.05) is 0 Å². The van der Waals surface area contributed by atoms with Crippen LogP contribution in [0.3, 0.4) is 0 Å². The SMILES string of the molecule is CCOc1cc(/C=C2\C(=O)NC(=S)N(c3ccc(CC)cc3)C2=O)cc(Br)c1OCc1ccc(C(=O)O)cc1. The number of carbonyl (C=O) groups excluding carboxylic acids is 2. The number of halogens is 1. The molecule has 0 bridgehead atoms. The maximum Gasteiger partial charge on any atom is 0.335 e. The van der Waals surface area contributed by atoms with Crippen LogP contribution in [0.4, 0.5) is 5.69 Å². The molecule has 1 aliphatic heterocycles. The Morgan fingerprint density at radius 3 is 2.31 bits per heavy atom. The predicted molar refractivity (Wildman–Crippen MR) is 155 cm³/mol. The topological polar surface area (TPSA) is 105 Å². The number of nitrogens with one attached hydrogen (secondary N) is 1. The van der Waals surface area contributed by atoms with E-state index in [1.165, 1.54) is 23.1 Å². The Morgan fingerprint density at radius 1 is 1.03 bits per heavy atom. The zero-order valence-corrected chi connectivity index (χ0v) is 23.6. The van der Waals surface area contributed by atoms with Gasteiger partial charge in [0.2, 0.25) is 0 Å². The molecule has 1 aliphatic rings. The molecule has 10 heteroatoms. The second-order valence-electron chi connectivity index (χ2n) is 8.53. The second kappa shape index (κ2) is 12.2. The van der Waals surface area contributed by atoms with Crippen molar-refractivity contribution in [3.63, 3.8) is 0 Å². The van der Waals surface area contributed by atoms with E-state index in [0.29, 0.717) is 33.8 Å². The first-order valence-electron chi connectivity index (χ1n) is 12.1. The monoisotopic (exact) mass is 608 g/mol. The molecule has 0 atom stereocenters. The Labute approximate surface area is 239 Å². The predicted octanol–water partition coefficient (Wildman–Crippen LogP) is 5.52. The quantitative estimate of drug-likeness (QED) is 0.187. The van der Waals surface area contributed by atoms with Crippen molar-refractivity contribution in [2.24, 2.45) is 0 Å². The van der Waals surface area contributed by atoms with Crippen LogP contribution in [0.2, 0.25) is 0 Å². The van der Waals surface area contributed by atoms with E-state index in [9.17, 15) is 14.4 Å². The van der Waals surface area contributed by atoms with Gasteiger partial charge in [-0.1, -0.05) is 31.2 Å². The first-order valence-corrected chi connectivity index (χ1v) is 13.3. The number of aryl methyl sites for hydroxylation is 1. The number of thiocarbonyl (C=S) groups is 1. The zero-order valence-electron chi connectivity index (χ0n) is 21.2. The van der Waals surface area contributed by atoms with Crippen molar-refractivity contribution < 1.29 is 29.0 Å². The molecule has 3 aromatic carbocycles. The number of aromatic carboxylic acids is 1. The Kier molecular flexibility index (Phi) is 8.78. The van der Waals surface area contributed by atoms with Gasteiger partial charge >= 0.3 is 5.97 Å². The molecule has 0 spiro atoms. The number of rotatable bonds is 9. The van der Waals surface area contributed by atoms with E-state index in [4.69, 9.17) is 26.8 Å². The third-order valence-corrected chi connectivity index (χ3v) is 6.80. The lowest BCUT2D eigenvalue weighted by atomic mass is 10.1. The molecule has 200 valence electrons. The minimum Gasteiger partial charge on any atom is -0.490 e. The second-order valence-corrected chi connectivity index (χ2v) is 9.77. The maximum atomic E-state index is 13.4. The van der Waals surface area contributed by atoms with Crippen LogP contribution in [0.15, 0.2) is 70.7 Å². The first-order chi connectivity index (χ1) is 18.7. The number of amides is 2. The fourth-order valence-electron chi connectivity index (χ4n) is 3.91. The molecule has 2 amide bonds. The summed E-state index contributed by atoms with van der Waals surface area (Å²) in [5, 5.41) is 11.7. The molecule has 3 aromatic rings. The van der Waals surface area contributed by atoms with Gasteiger partial charge in [-0.15, -0.1) is 0 Å². The lowest BCUT2D eigenvalue weighted by molar-refractivity contribution is -0.122. The lowest BCUT2D eigenvalue weighted by Gasteiger charge is -2.29. The minimum atomic E-state index is -1.00. The van der Waals surface area contributed by atoms with E-state index in [1.807, 2.05) is 26.0 Å². The molecule has 1 heterocycles. The van der Waals surface area contributed by atoms with Crippen molar-refractivity contribution in [2.75, 3.05) is 11.5 Å². The van der Waals surface area contributed by atoms with Gasteiger partial charge in [-0.25, -0.2) is 4.79 Å². The van der Waals surface area contributed by atoms with Gasteiger partial charge in [0.25, 0.3) is 11.8 Å². The average molecular weight is 609 g/mol. The van der Waals surface area contributed by atoms with Crippen LogP contribution in [0.1, 0.15) is 40.9 Å². The van der Waals surface area contributed by atoms with E-state index in [-0.39, 0.29) is 22.9 Å². The molecule has 2 N–H and O–H groups in total. The molecule has 8 nitrogen and oxygen atoms in total. The summed E-state index contributed by atoms with van der Waals surface area (Å²) >= 11 is 8.81. The van der Waals surface area contributed by atoms with Gasteiger partial charge in [0.1, 0.15) is 12.2 Å². The van der Waals surface area contributed by atoms with Crippen molar-refractivity contribution in [2.45, 2.75) is 26.9 Å². The summed E-state index contributed by atoms with van der Waals surface area (Å²) in [6.07, 6.45) is 2.34. The van der Waals surface area contributed by atoms with E-state index in [1.54, 1.807) is 36.4 Å². The Balaban J connectivity index is 1.62. The molecular formula is C29H25BrN2O6S. The molecule has 1 saturated heterocycles. The van der Waals surface area contributed by atoms with Crippen molar-refractivity contribution in [3.05, 3.63) is 93.0 Å². The van der Waals surface area contributed by atoms with Gasteiger partial charge in [-0.2, -0.15) is 0 Å².